The van der Waals surface area contributed by atoms with Gasteiger partial charge in [0, 0.05) is 37.4 Å². The van der Waals surface area contributed by atoms with Crippen LogP contribution in [0.25, 0.3) is 0 Å². The minimum Gasteiger partial charge on any atom is -0.356 e. The van der Waals surface area contributed by atoms with E-state index in [0.717, 1.165) is 44.0 Å². The number of sulfonamides is 1. The van der Waals surface area contributed by atoms with Crippen molar-refractivity contribution >= 4 is 15.8 Å². The molecule has 150 valence electrons. The van der Waals surface area contributed by atoms with Gasteiger partial charge in [-0.05, 0) is 62.3 Å². The van der Waals surface area contributed by atoms with Crippen molar-refractivity contribution in [3.05, 3.63) is 46.9 Å². The molecule has 0 N–H and O–H groups in total. The van der Waals surface area contributed by atoms with Gasteiger partial charge in [0.15, 0.2) is 0 Å². The fourth-order valence-corrected chi connectivity index (χ4v) is 6.52. The largest absolute Gasteiger partial charge is 0.356 e. The molecule has 1 aliphatic carbocycles. The van der Waals surface area contributed by atoms with E-state index in [1.165, 1.54) is 23.4 Å². The number of rotatable bonds is 3. The zero-order valence-electron chi connectivity index (χ0n) is 16.4. The van der Waals surface area contributed by atoms with Gasteiger partial charge in [0.25, 0.3) is 0 Å². The number of aryl methyl sites for hydroxylation is 2. The maximum Gasteiger partial charge on any atom is 0.243 e. The van der Waals surface area contributed by atoms with E-state index in [9.17, 15) is 8.42 Å². The standard InChI is InChI=1S/C21H23N5O2S/c1-14-23-20-4-2-3-19(20)21(24-14)25-10-16-12-26(13-17(16)11-25)29(27,28)18-7-5-15(9-22)6-8-18/h5-8,16-17H,2-4,10-13H2,1H3. The van der Waals surface area contributed by atoms with E-state index in [0.29, 0.717) is 30.5 Å². The second-order valence-corrected chi connectivity index (χ2v) is 10.2. The van der Waals surface area contributed by atoms with E-state index < -0.39 is 10.0 Å². The quantitative estimate of drug-likeness (QED) is 0.769. The van der Waals surface area contributed by atoms with Gasteiger partial charge in [-0.15, -0.1) is 0 Å². The zero-order valence-corrected chi connectivity index (χ0v) is 17.2. The highest BCUT2D eigenvalue weighted by atomic mass is 32.2. The monoisotopic (exact) mass is 409 g/mol. The second-order valence-electron chi connectivity index (χ2n) is 8.26. The average Bonchev–Trinajstić information content (AvgIpc) is 3.41. The lowest BCUT2D eigenvalue weighted by atomic mass is 10.0. The Morgan fingerprint density at radius 1 is 1.03 bits per heavy atom. The normalized spacial score (nSPS) is 23.8. The number of hydrogen-bond acceptors (Lipinski definition) is 6. The van der Waals surface area contributed by atoms with E-state index in [1.54, 1.807) is 16.4 Å². The summed E-state index contributed by atoms with van der Waals surface area (Å²) in [5.41, 5.74) is 2.94. The molecular weight excluding hydrogens is 386 g/mol. The van der Waals surface area contributed by atoms with Crippen LogP contribution in [0.4, 0.5) is 5.82 Å². The van der Waals surface area contributed by atoms with Gasteiger partial charge in [-0.25, -0.2) is 18.4 Å². The molecule has 0 amide bonds. The van der Waals surface area contributed by atoms with Crippen LogP contribution in [-0.2, 0) is 22.9 Å². The number of nitrogens with zero attached hydrogens (tertiary/aromatic N) is 5. The number of fused-ring (bicyclic) bond motifs is 2. The molecule has 2 fully saturated rings. The number of benzene rings is 1. The number of nitriles is 1. The third kappa shape index (κ3) is 3.09. The Balaban J connectivity index is 1.33. The molecule has 2 unspecified atom stereocenters. The molecule has 3 heterocycles. The van der Waals surface area contributed by atoms with Crippen LogP contribution >= 0.6 is 0 Å². The Kier molecular flexibility index (Phi) is 4.33. The molecule has 3 aliphatic rings. The summed E-state index contributed by atoms with van der Waals surface area (Å²) in [5, 5.41) is 8.92. The summed E-state index contributed by atoms with van der Waals surface area (Å²) in [5.74, 6) is 2.52. The molecule has 2 atom stereocenters. The smallest absolute Gasteiger partial charge is 0.243 e. The van der Waals surface area contributed by atoms with Gasteiger partial charge in [-0.2, -0.15) is 9.57 Å². The van der Waals surface area contributed by atoms with Gasteiger partial charge in [0.2, 0.25) is 10.0 Å². The minimum atomic E-state index is -3.52. The highest BCUT2D eigenvalue weighted by Gasteiger charge is 2.45. The summed E-state index contributed by atoms with van der Waals surface area (Å²) < 4.78 is 27.7. The van der Waals surface area contributed by atoms with Crippen molar-refractivity contribution in [2.24, 2.45) is 11.8 Å². The number of anilines is 1. The van der Waals surface area contributed by atoms with Crippen molar-refractivity contribution in [3.63, 3.8) is 0 Å². The summed E-state index contributed by atoms with van der Waals surface area (Å²) >= 11 is 0. The van der Waals surface area contributed by atoms with Crippen LogP contribution in [-0.4, -0.2) is 48.9 Å². The number of aromatic nitrogens is 2. The van der Waals surface area contributed by atoms with Crippen LogP contribution in [0.1, 0.15) is 29.1 Å². The molecule has 2 aromatic rings. The Hall–Kier alpha value is -2.50. The summed E-state index contributed by atoms with van der Waals surface area (Å²) in [6.45, 7) is 4.70. The van der Waals surface area contributed by atoms with Crippen molar-refractivity contribution < 1.29 is 8.42 Å². The third-order valence-corrected chi connectivity index (χ3v) is 8.24. The van der Waals surface area contributed by atoms with Crippen molar-refractivity contribution in [2.75, 3.05) is 31.1 Å². The van der Waals surface area contributed by atoms with Crippen molar-refractivity contribution in [1.82, 2.24) is 14.3 Å². The molecular formula is C21H23N5O2S. The van der Waals surface area contributed by atoms with Crippen molar-refractivity contribution in [3.8, 4) is 6.07 Å². The lowest BCUT2D eigenvalue weighted by Crippen LogP contribution is -2.34. The first-order valence-corrected chi connectivity index (χ1v) is 11.5. The fraction of sp³-hybridized carbons (Fsp3) is 0.476. The molecule has 8 heteroatoms. The van der Waals surface area contributed by atoms with Crippen LogP contribution in [0.15, 0.2) is 29.2 Å². The lowest BCUT2D eigenvalue weighted by Gasteiger charge is -2.24. The van der Waals surface area contributed by atoms with Crippen LogP contribution in [0.2, 0.25) is 0 Å². The molecule has 1 aromatic heterocycles. The molecule has 7 nitrogen and oxygen atoms in total. The summed E-state index contributed by atoms with van der Waals surface area (Å²) in [6.07, 6.45) is 3.21. The lowest BCUT2D eigenvalue weighted by molar-refractivity contribution is 0.453. The molecule has 0 spiro atoms. The molecule has 0 bridgehead atoms. The molecule has 29 heavy (non-hydrogen) atoms. The zero-order chi connectivity index (χ0) is 20.2. The highest BCUT2D eigenvalue weighted by molar-refractivity contribution is 7.89. The molecule has 2 saturated heterocycles. The van der Waals surface area contributed by atoms with E-state index in [-0.39, 0.29) is 4.90 Å². The van der Waals surface area contributed by atoms with E-state index in [1.807, 2.05) is 13.0 Å². The molecule has 5 rings (SSSR count). The first-order chi connectivity index (χ1) is 14.0. The predicted octanol–water partition coefficient (Wildman–Crippen LogP) is 1.90. The van der Waals surface area contributed by atoms with Gasteiger partial charge >= 0.3 is 0 Å². The molecule has 0 saturated carbocycles. The molecule has 2 aliphatic heterocycles. The Labute approximate surface area is 171 Å². The van der Waals surface area contributed by atoms with Crippen LogP contribution in [0.3, 0.4) is 0 Å². The maximum atomic E-state index is 13.0. The minimum absolute atomic E-state index is 0.262. The van der Waals surface area contributed by atoms with E-state index in [2.05, 4.69) is 9.88 Å². The second kappa shape index (κ2) is 6.78. The summed E-state index contributed by atoms with van der Waals surface area (Å²) in [4.78, 5) is 12.0. The third-order valence-electron chi connectivity index (χ3n) is 6.40. The van der Waals surface area contributed by atoms with Crippen LogP contribution < -0.4 is 4.90 Å². The Bertz CT molecular complexity index is 1090. The Morgan fingerprint density at radius 2 is 1.72 bits per heavy atom. The Morgan fingerprint density at radius 3 is 2.38 bits per heavy atom. The maximum absolute atomic E-state index is 13.0. The average molecular weight is 410 g/mol. The van der Waals surface area contributed by atoms with Crippen molar-refractivity contribution in [2.45, 2.75) is 31.1 Å². The predicted molar refractivity (Wildman–Crippen MR) is 108 cm³/mol. The van der Waals surface area contributed by atoms with Crippen molar-refractivity contribution in [1.29, 1.82) is 5.26 Å². The SMILES string of the molecule is Cc1nc2c(c(N3CC4CN(S(=O)(=O)c5ccc(C#N)cc5)CC4C3)n1)CCC2. The van der Waals surface area contributed by atoms with Gasteiger partial charge in [-0.3, -0.25) is 0 Å². The fourth-order valence-electron chi connectivity index (χ4n) is 4.96. The number of hydrogen-bond donors (Lipinski definition) is 0. The molecule has 1 aromatic carbocycles. The topological polar surface area (TPSA) is 90.2 Å². The van der Waals surface area contributed by atoms with E-state index >= 15 is 0 Å². The first-order valence-electron chi connectivity index (χ1n) is 10.1. The first kappa shape index (κ1) is 18.5. The van der Waals surface area contributed by atoms with Gasteiger partial charge in [0.05, 0.1) is 16.5 Å². The summed E-state index contributed by atoms with van der Waals surface area (Å²) in [7, 11) is -3.52. The highest BCUT2D eigenvalue weighted by Crippen LogP contribution is 2.38. The van der Waals surface area contributed by atoms with Gasteiger partial charge < -0.3 is 4.90 Å². The van der Waals surface area contributed by atoms with Gasteiger partial charge in [0.1, 0.15) is 11.6 Å². The van der Waals surface area contributed by atoms with Gasteiger partial charge in [-0.1, -0.05) is 0 Å². The van der Waals surface area contributed by atoms with E-state index in [4.69, 9.17) is 10.2 Å². The van der Waals surface area contributed by atoms with Crippen LogP contribution in [0, 0.1) is 30.1 Å². The molecule has 0 radical (unpaired) electrons. The summed E-state index contributed by atoms with van der Waals surface area (Å²) in [6, 6.07) is 8.20. The van der Waals surface area contributed by atoms with Crippen LogP contribution in [0.5, 0.6) is 0 Å².